The first kappa shape index (κ1) is 13.9. The van der Waals surface area contributed by atoms with Crippen molar-refractivity contribution in [3.05, 3.63) is 23.8 Å². The van der Waals surface area contributed by atoms with Crippen LogP contribution in [0.15, 0.2) is 18.2 Å². The third kappa shape index (κ3) is 4.24. The van der Waals surface area contributed by atoms with E-state index in [1.54, 1.807) is 6.07 Å². The number of anilines is 2. The minimum absolute atomic E-state index is 0.0194. The molecule has 19 heavy (non-hydrogen) atoms. The molecule has 3 N–H and O–H groups in total. The molecule has 0 aliphatic heterocycles. The van der Waals surface area contributed by atoms with Crippen molar-refractivity contribution in [1.82, 2.24) is 0 Å². The summed E-state index contributed by atoms with van der Waals surface area (Å²) < 4.78 is 5.62. The summed E-state index contributed by atoms with van der Waals surface area (Å²) in [4.78, 5) is 11.8. The number of aryl methyl sites for hydroxylation is 1. The van der Waals surface area contributed by atoms with Crippen LogP contribution < -0.4 is 11.1 Å². The van der Waals surface area contributed by atoms with E-state index >= 15 is 0 Å². The molecule has 1 amide bonds. The van der Waals surface area contributed by atoms with Crippen LogP contribution in [-0.4, -0.2) is 18.6 Å². The van der Waals surface area contributed by atoms with E-state index in [1.165, 1.54) is 19.3 Å². The third-order valence-corrected chi connectivity index (χ3v) is 3.49. The van der Waals surface area contributed by atoms with Crippen LogP contribution in [0.3, 0.4) is 0 Å². The smallest absolute Gasteiger partial charge is 0.224 e. The Kier molecular flexibility index (Phi) is 4.80. The first-order valence-corrected chi connectivity index (χ1v) is 6.93. The van der Waals surface area contributed by atoms with Gasteiger partial charge in [-0.25, -0.2) is 0 Å². The van der Waals surface area contributed by atoms with Crippen molar-refractivity contribution in [3.63, 3.8) is 0 Å². The van der Waals surface area contributed by atoms with E-state index in [1.807, 2.05) is 19.1 Å². The fraction of sp³-hybridized carbons (Fsp3) is 0.533. The zero-order valence-corrected chi connectivity index (χ0v) is 11.4. The zero-order chi connectivity index (χ0) is 13.7. The Labute approximate surface area is 114 Å². The maximum Gasteiger partial charge on any atom is 0.224 e. The molecule has 0 bridgehead atoms. The van der Waals surface area contributed by atoms with Gasteiger partial charge in [0.05, 0.1) is 6.10 Å². The molecule has 1 aliphatic carbocycles. The first-order valence-electron chi connectivity index (χ1n) is 6.93. The molecular formula is C15H22N2O2. The lowest BCUT2D eigenvalue weighted by Gasteiger charge is -2.25. The lowest BCUT2D eigenvalue weighted by Crippen LogP contribution is -2.22. The van der Waals surface area contributed by atoms with E-state index in [4.69, 9.17) is 10.5 Å². The number of nitrogens with two attached hydrogens (primary N) is 1. The van der Waals surface area contributed by atoms with Gasteiger partial charge < -0.3 is 15.8 Å². The van der Waals surface area contributed by atoms with E-state index in [0.717, 1.165) is 17.7 Å². The maximum absolute atomic E-state index is 11.8. The van der Waals surface area contributed by atoms with Gasteiger partial charge in [0.1, 0.15) is 0 Å². The Morgan fingerprint density at radius 3 is 2.95 bits per heavy atom. The van der Waals surface area contributed by atoms with E-state index in [2.05, 4.69) is 5.32 Å². The molecule has 0 spiro atoms. The van der Waals surface area contributed by atoms with Gasteiger partial charge in [0.2, 0.25) is 5.91 Å². The highest BCUT2D eigenvalue weighted by Gasteiger charge is 2.17. The van der Waals surface area contributed by atoms with Gasteiger partial charge in [-0.3, -0.25) is 4.79 Å². The van der Waals surface area contributed by atoms with Crippen LogP contribution in [0.5, 0.6) is 0 Å². The monoisotopic (exact) mass is 262 g/mol. The number of amides is 1. The predicted octanol–water partition coefficient (Wildman–Crippen LogP) is 2.87. The van der Waals surface area contributed by atoms with Gasteiger partial charge in [-0.05, 0) is 50.3 Å². The summed E-state index contributed by atoms with van der Waals surface area (Å²) >= 11 is 0. The van der Waals surface area contributed by atoms with Gasteiger partial charge in [0.15, 0.2) is 0 Å². The lowest BCUT2D eigenvalue weighted by molar-refractivity contribution is -0.116. The van der Waals surface area contributed by atoms with Crippen LogP contribution in [0.25, 0.3) is 0 Å². The molecule has 4 nitrogen and oxygen atoms in total. The van der Waals surface area contributed by atoms with Crippen molar-refractivity contribution in [2.75, 3.05) is 17.7 Å². The Morgan fingerprint density at radius 1 is 1.47 bits per heavy atom. The fourth-order valence-electron chi connectivity index (χ4n) is 2.01. The quantitative estimate of drug-likeness (QED) is 0.612. The molecule has 2 rings (SSSR count). The highest BCUT2D eigenvalue weighted by atomic mass is 16.5. The molecular weight excluding hydrogens is 240 g/mol. The summed E-state index contributed by atoms with van der Waals surface area (Å²) in [5, 5.41) is 2.89. The molecule has 4 heteroatoms. The molecule has 0 unspecified atom stereocenters. The normalized spacial score (nSPS) is 15.0. The number of nitrogen functional groups attached to an aromatic ring is 1. The Hall–Kier alpha value is -1.55. The minimum Gasteiger partial charge on any atom is -0.399 e. The highest BCUT2D eigenvalue weighted by molar-refractivity contribution is 5.91. The van der Waals surface area contributed by atoms with Gasteiger partial charge in [-0.2, -0.15) is 0 Å². The Morgan fingerprint density at radius 2 is 2.26 bits per heavy atom. The first-order chi connectivity index (χ1) is 9.15. The Balaban J connectivity index is 1.69. The molecule has 1 fully saturated rings. The molecule has 1 saturated carbocycles. The fourth-order valence-corrected chi connectivity index (χ4v) is 2.01. The van der Waals surface area contributed by atoms with Crippen molar-refractivity contribution in [1.29, 1.82) is 0 Å². The topological polar surface area (TPSA) is 64.3 Å². The van der Waals surface area contributed by atoms with Crippen molar-refractivity contribution >= 4 is 17.3 Å². The standard InChI is InChI=1S/C15H22N2O2/c1-11-7-8-12(16)10-14(11)17-15(18)6-3-9-19-13-4-2-5-13/h7-8,10,13H,2-6,9,16H2,1H3,(H,17,18). The Bertz CT molecular complexity index is 442. The summed E-state index contributed by atoms with van der Waals surface area (Å²) in [5.41, 5.74) is 8.19. The highest BCUT2D eigenvalue weighted by Crippen LogP contribution is 2.22. The van der Waals surface area contributed by atoms with Crippen LogP contribution in [-0.2, 0) is 9.53 Å². The lowest BCUT2D eigenvalue weighted by atomic mass is 9.96. The number of benzene rings is 1. The van der Waals surface area contributed by atoms with E-state index in [9.17, 15) is 4.79 Å². The van der Waals surface area contributed by atoms with E-state index in [-0.39, 0.29) is 5.91 Å². The predicted molar refractivity (Wildman–Crippen MR) is 77.0 cm³/mol. The molecule has 0 aromatic heterocycles. The van der Waals surface area contributed by atoms with Gasteiger partial charge >= 0.3 is 0 Å². The van der Waals surface area contributed by atoms with Crippen molar-refractivity contribution in [2.45, 2.75) is 45.1 Å². The molecule has 1 aliphatic rings. The third-order valence-electron chi connectivity index (χ3n) is 3.49. The summed E-state index contributed by atoms with van der Waals surface area (Å²) in [6, 6.07) is 5.53. The van der Waals surface area contributed by atoms with Gasteiger partial charge in [-0.15, -0.1) is 0 Å². The second-order valence-corrected chi connectivity index (χ2v) is 5.15. The largest absolute Gasteiger partial charge is 0.399 e. The van der Waals surface area contributed by atoms with E-state index < -0.39 is 0 Å². The van der Waals surface area contributed by atoms with Crippen LogP contribution in [0.1, 0.15) is 37.7 Å². The molecule has 0 heterocycles. The van der Waals surface area contributed by atoms with Crippen molar-refractivity contribution in [2.24, 2.45) is 0 Å². The summed E-state index contributed by atoms with van der Waals surface area (Å²) in [6.45, 7) is 2.63. The van der Waals surface area contributed by atoms with E-state index in [0.29, 0.717) is 24.8 Å². The summed E-state index contributed by atoms with van der Waals surface area (Å²) in [7, 11) is 0. The molecule has 1 aromatic carbocycles. The summed E-state index contributed by atoms with van der Waals surface area (Å²) in [6.07, 6.45) is 5.33. The molecule has 0 saturated heterocycles. The number of carbonyl (C=O) groups excluding carboxylic acids is 1. The van der Waals surface area contributed by atoms with Crippen molar-refractivity contribution < 1.29 is 9.53 Å². The van der Waals surface area contributed by atoms with Crippen LogP contribution >= 0.6 is 0 Å². The molecule has 1 aromatic rings. The molecule has 0 radical (unpaired) electrons. The van der Waals surface area contributed by atoms with Gasteiger partial charge in [0.25, 0.3) is 0 Å². The number of carbonyl (C=O) groups is 1. The average Bonchev–Trinajstić information content (AvgIpc) is 2.31. The van der Waals surface area contributed by atoms with Gasteiger partial charge in [0, 0.05) is 24.4 Å². The molecule has 0 atom stereocenters. The maximum atomic E-state index is 11.8. The number of hydrogen-bond donors (Lipinski definition) is 2. The average molecular weight is 262 g/mol. The molecule has 104 valence electrons. The number of rotatable bonds is 6. The number of nitrogens with one attached hydrogen (secondary N) is 1. The second kappa shape index (κ2) is 6.57. The van der Waals surface area contributed by atoms with Crippen LogP contribution in [0.4, 0.5) is 11.4 Å². The van der Waals surface area contributed by atoms with Crippen LogP contribution in [0, 0.1) is 6.92 Å². The SMILES string of the molecule is Cc1ccc(N)cc1NC(=O)CCCOC1CCC1. The number of hydrogen-bond acceptors (Lipinski definition) is 3. The van der Waals surface area contributed by atoms with Crippen molar-refractivity contribution in [3.8, 4) is 0 Å². The van der Waals surface area contributed by atoms with Gasteiger partial charge in [-0.1, -0.05) is 6.07 Å². The van der Waals surface area contributed by atoms with Crippen LogP contribution in [0.2, 0.25) is 0 Å². The number of ether oxygens (including phenoxy) is 1. The summed E-state index contributed by atoms with van der Waals surface area (Å²) in [5.74, 6) is 0.0194. The second-order valence-electron chi connectivity index (χ2n) is 5.15. The minimum atomic E-state index is 0.0194. The zero-order valence-electron chi connectivity index (χ0n) is 11.4.